The van der Waals surface area contributed by atoms with Crippen molar-refractivity contribution in [1.29, 1.82) is 0 Å². The van der Waals surface area contributed by atoms with Crippen LogP contribution in [0.25, 0.3) is 17.0 Å². The zero-order valence-electron chi connectivity index (χ0n) is 16.6. The summed E-state index contributed by atoms with van der Waals surface area (Å²) >= 11 is 6.17. The highest BCUT2D eigenvalue weighted by molar-refractivity contribution is 6.30. The zero-order chi connectivity index (χ0) is 20.7. The molecule has 0 radical (unpaired) electrons. The number of aryl methyl sites for hydroxylation is 1. The van der Waals surface area contributed by atoms with Crippen molar-refractivity contribution in [2.24, 2.45) is 7.05 Å². The van der Waals surface area contributed by atoms with Crippen molar-refractivity contribution in [2.75, 3.05) is 13.1 Å². The van der Waals surface area contributed by atoms with Gasteiger partial charge in [-0.3, -0.25) is 18.9 Å². The molecule has 1 unspecified atom stereocenters. The maximum absolute atomic E-state index is 12.9. The van der Waals surface area contributed by atoms with E-state index in [-0.39, 0.29) is 11.8 Å². The van der Waals surface area contributed by atoms with Gasteiger partial charge in [0, 0.05) is 44.1 Å². The molecule has 8 heteroatoms. The normalized spacial score (nSPS) is 16.9. The summed E-state index contributed by atoms with van der Waals surface area (Å²) in [6.45, 7) is 1.42. The lowest BCUT2D eigenvalue weighted by Gasteiger charge is -2.32. The number of halogens is 1. The molecule has 0 saturated carbocycles. The summed E-state index contributed by atoms with van der Waals surface area (Å²) in [6, 6.07) is 9.76. The first-order valence-electron chi connectivity index (χ1n) is 9.96. The number of hydrogen-bond donors (Lipinski definition) is 0. The van der Waals surface area contributed by atoms with Crippen LogP contribution in [0.5, 0.6) is 0 Å². The molecule has 1 saturated heterocycles. The van der Waals surface area contributed by atoms with E-state index in [1.54, 1.807) is 17.1 Å². The smallest absolute Gasteiger partial charge is 0.257 e. The number of hydrogen-bond acceptors (Lipinski definition) is 4. The maximum Gasteiger partial charge on any atom is 0.257 e. The number of imidazole rings is 1. The molecule has 0 N–H and O–H groups in total. The van der Waals surface area contributed by atoms with E-state index in [0.29, 0.717) is 17.1 Å². The van der Waals surface area contributed by atoms with E-state index >= 15 is 0 Å². The van der Waals surface area contributed by atoms with Crippen molar-refractivity contribution in [3.63, 3.8) is 0 Å². The van der Waals surface area contributed by atoms with Gasteiger partial charge in [0.1, 0.15) is 5.65 Å². The molecule has 30 heavy (non-hydrogen) atoms. The van der Waals surface area contributed by atoms with Crippen molar-refractivity contribution >= 4 is 23.2 Å². The molecule has 1 aliphatic rings. The molecule has 1 fully saturated rings. The van der Waals surface area contributed by atoms with E-state index in [4.69, 9.17) is 16.6 Å². The Morgan fingerprint density at radius 1 is 1.17 bits per heavy atom. The van der Waals surface area contributed by atoms with Crippen molar-refractivity contribution < 1.29 is 4.79 Å². The molecule has 7 nitrogen and oxygen atoms in total. The topological polar surface area (TPSA) is 68.3 Å². The fraction of sp³-hybridized carbons (Fsp3) is 0.273. The Hall–Kier alpha value is -3.19. The third-order valence-electron chi connectivity index (χ3n) is 5.58. The number of amides is 1. The van der Waals surface area contributed by atoms with Crippen LogP contribution in [0.1, 0.15) is 34.8 Å². The fourth-order valence-corrected chi connectivity index (χ4v) is 4.24. The molecule has 0 spiro atoms. The predicted octanol–water partition coefficient (Wildman–Crippen LogP) is 3.80. The van der Waals surface area contributed by atoms with Gasteiger partial charge in [-0.2, -0.15) is 5.10 Å². The van der Waals surface area contributed by atoms with Crippen molar-refractivity contribution in [2.45, 2.75) is 18.8 Å². The standard InChI is InChI=1S/C22H21ClN6O/c1-27-12-16(10-25-27)22(30)28-9-3-4-15(13-28)18-5-2-6-19(26-18)20-11-24-21-8-7-17(23)14-29(20)21/h2,5-8,10-12,14-15H,3-4,9,13H2,1H3. The number of piperidine rings is 1. The summed E-state index contributed by atoms with van der Waals surface area (Å²) < 4.78 is 3.61. The largest absolute Gasteiger partial charge is 0.338 e. The van der Waals surface area contributed by atoms with Gasteiger partial charge < -0.3 is 4.90 Å². The third kappa shape index (κ3) is 3.45. The van der Waals surface area contributed by atoms with Crippen LogP contribution in [0.4, 0.5) is 0 Å². The Bertz CT molecular complexity index is 1230. The van der Waals surface area contributed by atoms with Gasteiger partial charge in [-0.15, -0.1) is 0 Å². The van der Waals surface area contributed by atoms with E-state index in [2.05, 4.69) is 10.1 Å². The van der Waals surface area contributed by atoms with Crippen LogP contribution in [-0.2, 0) is 7.05 Å². The van der Waals surface area contributed by atoms with Crippen LogP contribution in [-0.4, -0.2) is 48.0 Å². The number of fused-ring (bicyclic) bond motifs is 1. The lowest BCUT2D eigenvalue weighted by atomic mass is 9.93. The first-order valence-corrected chi connectivity index (χ1v) is 10.3. The molecular formula is C22H21ClN6O. The molecule has 5 heterocycles. The summed E-state index contributed by atoms with van der Waals surface area (Å²) in [5, 5.41) is 4.77. The molecular weight excluding hydrogens is 400 g/mol. The fourth-order valence-electron chi connectivity index (χ4n) is 4.08. The molecule has 5 rings (SSSR count). The molecule has 1 aliphatic heterocycles. The van der Waals surface area contributed by atoms with E-state index in [9.17, 15) is 4.79 Å². The SMILES string of the molecule is Cn1cc(C(=O)N2CCCC(c3cccc(-c4cnc5ccc(Cl)cn45)n3)C2)cn1. The van der Waals surface area contributed by atoms with Crippen molar-refractivity contribution in [3.8, 4) is 11.4 Å². The summed E-state index contributed by atoms with van der Waals surface area (Å²) in [6.07, 6.45) is 9.01. The van der Waals surface area contributed by atoms with Crippen LogP contribution in [0.3, 0.4) is 0 Å². The molecule has 4 aromatic rings. The van der Waals surface area contributed by atoms with Crippen LogP contribution in [0.2, 0.25) is 5.02 Å². The van der Waals surface area contributed by atoms with Crippen molar-refractivity contribution in [3.05, 3.63) is 71.4 Å². The minimum absolute atomic E-state index is 0.0281. The molecule has 0 aliphatic carbocycles. The summed E-state index contributed by atoms with van der Waals surface area (Å²) in [7, 11) is 1.82. The van der Waals surface area contributed by atoms with Gasteiger partial charge in [0.05, 0.1) is 34.4 Å². The third-order valence-corrected chi connectivity index (χ3v) is 5.80. The molecule has 152 valence electrons. The zero-order valence-corrected chi connectivity index (χ0v) is 17.3. The highest BCUT2D eigenvalue weighted by Crippen LogP contribution is 2.29. The Labute approximate surface area is 178 Å². The average molecular weight is 421 g/mol. The van der Waals surface area contributed by atoms with E-state index in [1.807, 2.05) is 59.1 Å². The number of aromatic nitrogens is 5. The minimum Gasteiger partial charge on any atom is -0.338 e. The summed E-state index contributed by atoms with van der Waals surface area (Å²) in [5.41, 5.74) is 4.19. The van der Waals surface area contributed by atoms with Gasteiger partial charge >= 0.3 is 0 Å². The Morgan fingerprint density at radius 3 is 2.90 bits per heavy atom. The van der Waals surface area contributed by atoms with Crippen molar-refractivity contribution in [1.82, 2.24) is 29.0 Å². The Morgan fingerprint density at radius 2 is 2.07 bits per heavy atom. The van der Waals surface area contributed by atoms with E-state index in [0.717, 1.165) is 42.1 Å². The summed E-state index contributed by atoms with van der Waals surface area (Å²) in [4.78, 5) is 24.1. The van der Waals surface area contributed by atoms with Crippen LogP contribution >= 0.6 is 11.6 Å². The van der Waals surface area contributed by atoms with Gasteiger partial charge in [-0.25, -0.2) is 4.98 Å². The molecule has 4 aromatic heterocycles. The van der Waals surface area contributed by atoms with E-state index in [1.165, 1.54) is 0 Å². The second-order valence-corrected chi connectivity index (χ2v) is 8.10. The Balaban J connectivity index is 1.42. The second-order valence-electron chi connectivity index (χ2n) is 7.66. The minimum atomic E-state index is 0.0281. The first-order chi connectivity index (χ1) is 14.6. The van der Waals surface area contributed by atoms with Gasteiger partial charge in [0.15, 0.2) is 0 Å². The molecule has 0 bridgehead atoms. The lowest BCUT2D eigenvalue weighted by molar-refractivity contribution is 0.0706. The number of likely N-dealkylation sites (tertiary alicyclic amines) is 1. The average Bonchev–Trinajstić information content (AvgIpc) is 3.39. The number of pyridine rings is 2. The van der Waals surface area contributed by atoms with Gasteiger partial charge in [-0.1, -0.05) is 17.7 Å². The van der Waals surface area contributed by atoms with Gasteiger partial charge in [0.25, 0.3) is 5.91 Å². The number of nitrogens with zero attached hydrogens (tertiary/aromatic N) is 6. The molecule has 1 atom stereocenters. The molecule has 1 amide bonds. The van der Waals surface area contributed by atoms with Gasteiger partial charge in [-0.05, 0) is 37.1 Å². The van der Waals surface area contributed by atoms with E-state index < -0.39 is 0 Å². The lowest BCUT2D eigenvalue weighted by Crippen LogP contribution is -2.39. The number of carbonyl (C=O) groups is 1. The highest BCUT2D eigenvalue weighted by Gasteiger charge is 2.27. The van der Waals surface area contributed by atoms with Crippen LogP contribution in [0.15, 0.2) is 55.1 Å². The van der Waals surface area contributed by atoms with Crippen LogP contribution in [0, 0.1) is 0 Å². The molecule has 0 aromatic carbocycles. The maximum atomic E-state index is 12.9. The van der Waals surface area contributed by atoms with Crippen LogP contribution < -0.4 is 0 Å². The highest BCUT2D eigenvalue weighted by atomic mass is 35.5. The van der Waals surface area contributed by atoms with Gasteiger partial charge in [0.2, 0.25) is 0 Å². The monoisotopic (exact) mass is 420 g/mol. The quantitative estimate of drug-likeness (QED) is 0.505. The first kappa shape index (κ1) is 18.8. The number of rotatable bonds is 3. The predicted molar refractivity (Wildman–Crippen MR) is 115 cm³/mol. The number of carbonyl (C=O) groups excluding carboxylic acids is 1. The Kier molecular flexibility index (Phi) is 4.75. The summed E-state index contributed by atoms with van der Waals surface area (Å²) in [5.74, 6) is 0.225. The second kappa shape index (κ2) is 7.57.